The molecule has 0 aliphatic heterocycles. The van der Waals surface area contributed by atoms with E-state index in [2.05, 4.69) is 32.7 Å². The Kier molecular flexibility index (Phi) is 7.17. The highest BCUT2D eigenvalue weighted by atomic mass is 14.8. The number of rotatable bonds is 7. The summed E-state index contributed by atoms with van der Waals surface area (Å²) in [5.41, 5.74) is 0. The van der Waals surface area contributed by atoms with E-state index < -0.39 is 0 Å². The summed E-state index contributed by atoms with van der Waals surface area (Å²) in [4.78, 5) is 0. The largest absolute Gasteiger partial charge is 0.316 e. The molecule has 72 valence electrons. The van der Waals surface area contributed by atoms with Gasteiger partial charge in [0.1, 0.15) is 0 Å². The van der Waals surface area contributed by atoms with Crippen molar-refractivity contribution in [3.05, 3.63) is 12.7 Å². The highest BCUT2D eigenvalue weighted by Crippen LogP contribution is 2.13. The molecule has 0 heterocycles. The summed E-state index contributed by atoms with van der Waals surface area (Å²) >= 11 is 0. The molecule has 0 aliphatic carbocycles. The van der Waals surface area contributed by atoms with Gasteiger partial charge in [0.2, 0.25) is 0 Å². The molecule has 0 radical (unpaired) electrons. The predicted octanol–water partition coefficient (Wildman–Crippen LogP) is 2.83. The number of nitrogens with one attached hydrogen (secondary N) is 1. The van der Waals surface area contributed by atoms with E-state index in [9.17, 15) is 0 Å². The number of hydrogen-bond donors (Lipinski definition) is 1. The minimum atomic E-state index is 0.756. The molecule has 0 aromatic carbocycles. The smallest absolute Gasteiger partial charge is 0.00205 e. The molecule has 0 aliphatic rings. The van der Waals surface area contributed by atoms with Gasteiger partial charge in [0.05, 0.1) is 0 Å². The maximum absolute atomic E-state index is 3.76. The van der Waals surface area contributed by atoms with Gasteiger partial charge in [-0.05, 0) is 37.8 Å². The SMILES string of the molecule is C=CCC(C)C(C)CNCCC. The van der Waals surface area contributed by atoms with Gasteiger partial charge in [0, 0.05) is 0 Å². The maximum atomic E-state index is 3.76. The van der Waals surface area contributed by atoms with Gasteiger partial charge in [0.15, 0.2) is 0 Å². The average molecular weight is 169 g/mol. The minimum absolute atomic E-state index is 0.756. The Balaban J connectivity index is 3.41. The molecule has 0 aromatic rings. The van der Waals surface area contributed by atoms with Gasteiger partial charge >= 0.3 is 0 Å². The van der Waals surface area contributed by atoms with E-state index in [1.54, 1.807) is 0 Å². The average Bonchev–Trinajstić information content (AvgIpc) is 2.05. The molecule has 0 amide bonds. The molecule has 0 spiro atoms. The van der Waals surface area contributed by atoms with Crippen LogP contribution in [0.25, 0.3) is 0 Å². The van der Waals surface area contributed by atoms with Crippen LogP contribution in [-0.2, 0) is 0 Å². The molecule has 12 heavy (non-hydrogen) atoms. The van der Waals surface area contributed by atoms with Crippen LogP contribution >= 0.6 is 0 Å². The Morgan fingerprint density at radius 2 is 2.00 bits per heavy atom. The van der Waals surface area contributed by atoms with Gasteiger partial charge < -0.3 is 5.32 Å². The Bertz CT molecular complexity index is 110. The topological polar surface area (TPSA) is 12.0 Å². The number of allylic oxidation sites excluding steroid dienone is 1. The van der Waals surface area contributed by atoms with Crippen LogP contribution in [0, 0.1) is 11.8 Å². The second-order valence-corrected chi connectivity index (χ2v) is 3.68. The monoisotopic (exact) mass is 169 g/mol. The van der Waals surface area contributed by atoms with Gasteiger partial charge in [-0.15, -0.1) is 6.58 Å². The number of hydrogen-bond acceptors (Lipinski definition) is 1. The fourth-order valence-electron chi connectivity index (χ4n) is 1.20. The molecule has 2 unspecified atom stereocenters. The quantitative estimate of drug-likeness (QED) is 0.456. The summed E-state index contributed by atoms with van der Waals surface area (Å²) in [5, 5.41) is 3.44. The van der Waals surface area contributed by atoms with Crippen LogP contribution in [0.2, 0.25) is 0 Å². The minimum Gasteiger partial charge on any atom is -0.316 e. The van der Waals surface area contributed by atoms with Crippen LogP contribution in [0.15, 0.2) is 12.7 Å². The molecule has 0 saturated heterocycles. The third-order valence-corrected chi connectivity index (χ3v) is 2.40. The van der Waals surface area contributed by atoms with Crippen molar-refractivity contribution >= 4 is 0 Å². The van der Waals surface area contributed by atoms with E-state index in [0.29, 0.717) is 0 Å². The van der Waals surface area contributed by atoms with E-state index in [4.69, 9.17) is 0 Å². The van der Waals surface area contributed by atoms with Crippen LogP contribution < -0.4 is 5.32 Å². The summed E-state index contributed by atoms with van der Waals surface area (Å²) in [6.07, 6.45) is 4.37. The predicted molar refractivity (Wildman–Crippen MR) is 56.3 cm³/mol. The summed E-state index contributed by atoms with van der Waals surface area (Å²) < 4.78 is 0. The van der Waals surface area contributed by atoms with Crippen LogP contribution in [0.3, 0.4) is 0 Å². The first kappa shape index (κ1) is 11.7. The molecule has 1 N–H and O–H groups in total. The Labute approximate surface area is 77.2 Å². The van der Waals surface area contributed by atoms with Crippen LogP contribution in [0.4, 0.5) is 0 Å². The van der Waals surface area contributed by atoms with Crippen molar-refractivity contribution in [1.82, 2.24) is 5.32 Å². The van der Waals surface area contributed by atoms with Gasteiger partial charge in [-0.3, -0.25) is 0 Å². The van der Waals surface area contributed by atoms with E-state index in [-0.39, 0.29) is 0 Å². The maximum Gasteiger partial charge on any atom is -0.00205 e. The fourth-order valence-corrected chi connectivity index (χ4v) is 1.20. The van der Waals surface area contributed by atoms with E-state index in [1.165, 1.54) is 6.42 Å². The van der Waals surface area contributed by atoms with Crippen LogP contribution in [0.1, 0.15) is 33.6 Å². The molecular formula is C11H23N. The molecule has 1 heteroatoms. The van der Waals surface area contributed by atoms with Gasteiger partial charge in [-0.1, -0.05) is 26.8 Å². The molecular weight excluding hydrogens is 146 g/mol. The second kappa shape index (κ2) is 7.35. The van der Waals surface area contributed by atoms with Gasteiger partial charge in [0.25, 0.3) is 0 Å². The Hall–Kier alpha value is -0.300. The van der Waals surface area contributed by atoms with E-state index >= 15 is 0 Å². The van der Waals surface area contributed by atoms with Crippen molar-refractivity contribution in [2.75, 3.05) is 13.1 Å². The highest BCUT2D eigenvalue weighted by Gasteiger charge is 2.09. The van der Waals surface area contributed by atoms with Crippen LogP contribution in [0.5, 0.6) is 0 Å². The molecule has 0 saturated carbocycles. The van der Waals surface area contributed by atoms with E-state index in [0.717, 1.165) is 31.3 Å². The summed E-state index contributed by atoms with van der Waals surface area (Å²) in [7, 11) is 0. The zero-order chi connectivity index (χ0) is 9.40. The first-order valence-corrected chi connectivity index (χ1v) is 5.04. The van der Waals surface area contributed by atoms with Crippen molar-refractivity contribution in [1.29, 1.82) is 0 Å². The lowest BCUT2D eigenvalue weighted by Crippen LogP contribution is -2.25. The molecule has 2 atom stereocenters. The normalized spacial score (nSPS) is 15.6. The van der Waals surface area contributed by atoms with Crippen molar-refractivity contribution in [3.8, 4) is 0 Å². The molecule has 0 fully saturated rings. The molecule has 0 aromatic heterocycles. The summed E-state index contributed by atoms with van der Waals surface area (Å²) in [6, 6.07) is 0. The molecule has 0 rings (SSSR count). The standard InChI is InChI=1S/C11H23N/c1-5-7-10(3)11(4)9-12-8-6-2/h5,10-12H,1,6-9H2,2-4H3. The second-order valence-electron chi connectivity index (χ2n) is 3.68. The Morgan fingerprint density at radius 3 is 2.50 bits per heavy atom. The lowest BCUT2D eigenvalue weighted by atomic mass is 9.93. The zero-order valence-corrected chi connectivity index (χ0v) is 8.77. The van der Waals surface area contributed by atoms with Crippen LogP contribution in [-0.4, -0.2) is 13.1 Å². The van der Waals surface area contributed by atoms with Gasteiger partial charge in [-0.25, -0.2) is 0 Å². The molecule has 1 nitrogen and oxygen atoms in total. The first-order chi connectivity index (χ1) is 5.72. The highest BCUT2D eigenvalue weighted by molar-refractivity contribution is 4.74. The summed E-state index contributed by atoms with van der Waals surface area (Å²) in [5.74, 6) is 1.52. The van der Waals surface area contributed by atoms with Crippen molar-refractivity contribution in [2.24, 2.45) is 11.8 Å². The van der Waals surface area contributed by atoms with Crippen molar-refractivity contribution in [2.45, 2.75) is 33.6 Å². The molecule has 0 bridgehead atoms. The summed E-state index contributed by atoms with van der Waals surface area (Å²) in [6.45, 7) is 12.8. The lowest BCUT2D eigenvalue weighted by molar-refractivity contribution is 0.370. The third kappa shape index (κ3) is 5.36. The Morgan fingerprint density at radius 1 is 1.33 bits per heavy atom. The lowest BCUT2D eigenvalue weighted by Gasteiger charge is -2.18. The van der Waals surface area contributed by atoms with Crippen molar-refractivity contribution < 1.29 is 0 Å². The first-order valence-electron chi connectivity index (χ1n) is 5.04. The van der Waals surface area contributed by atoms with Gasteiger partial charge in [-0.2, -0.15) is 0 Å². The van der Waals surface area contributed by atoms with Crippen molar-refractivity contribution in [3.63, 3.8) is 0 Å². The zero-order valence-electron chi connectivity index (χ0n) is 8.77. The third-order valence-electron chi connectivity index (χ3n) is 2.40. The van der Waals surface area contributed by atoms with E-state index in [1.807, 2.05) is 6.08 Å². The fraction of sp³-hybridized carbons (Fsp3) is 0.818.